The van der Waals surface area contributed by atoms with Gasteiger partial charge in [0.05, 0.1) is 5.56 Å². The molecule has 0 bridgehead atoms. The highest BCUT2D eigenvalue weighted by molar-refractivity contribution is 5.45. The summed E-state index contributed by atoms with van der Waals surface area (Å²) >= 11 is 0. The van der Waals surface area contributed by atoms with Gasteiger partial charge in [-0.1, -0.05) is 13.0 Å². The zero-order chi connectivity index (χ0) is 11.5. The molecule has 0 atom stereocenters. The Bertz CT molecular complexity index is 393. The van der Waals surface area contributed by atoms with Crippen LogP contribution in [0.4, 0.5) is 13.2 Å². The number of benzene rings is 1. The lowest BCUT2D eigenvalue weighted by Gasteiger charge is -2.10. The van der Waals surface area contributed by atoms with Gasteiger partial charge in [-0.25, -0.2) is 0 Å². The van der Waals surface area contributed by atoms with Crippen molar-refractivity contribution in [1.29, 1.82) is 5.26 Å². The predicted molar refractivity (Wildman–Crippen MR) is 47.2 cm³/mol. The largest absolute Gasteiger partial charge is 0.573 e. The molecule has 0 saturated carbocycles. The van der Waals surface area contributed by atoms with E-state index >= 15 is 0 Å². The van der Waals surface area contributed by atoms with Gasteiger partial charge in [-0.3, -0.25) is 0 Å². The molecule has 0 radical (unpaired) electrons. The Morgan fingerprint density at radius 2 is 2.07 bits per heavy atom. The first-order valence-corrected chi connectivity index (χ1v) is 4.25. The fraction of sp³-hybridized carbons (Fsp3) is 0.300. The molecule has 0 aromatic heterocycles. The Morgan fingerprint density at radius 3 is 2.53 bits per heavy atom. The van der Waals surface area contributed by atoms with Gasteiger partial charge in [0.2, 0.25) is 0 Å². The zero-order valence-corrected chi connectivity index (χ0v) is 7.93. The van der Waals surface area contributed by atoms with Crippen LogP contribution in [-0.4, -0.2) is 6.36 Å². The molecule has 0 heterocycles. The third-order valence-electron chi connectivity index (χ3n) is 1.80. The number of hydrogen-bond acceptors (Lipinski definition) is 2. The number of ether oxygens (including phenoxy) is 1. The molecule has 0 fully saturated rings. The molecule has 0 N–H and O–H groups in total. The molecule has 1 aromatic rings. The smallest absolute Gasteiger partial charge is 0.404 e. The molecular formula is C10H8F3NO. The summed E-state index contributed by atoms with van der Waals surface area (Å²) in [7, 11) is 0. The van der Waals surface area contributed by atoms with Crippen LogP contribution in [0.5, 0.6) is 5.75 Å². The van der Waals surface area contributed by atoms with Crippen molar-refractivity contribution in [3.63, 3.8) is 0 Å². The number of rotatable bonds is 2. The maximum absolute atomic E-state index is 12.0. The second-order valence-corrected chi connectivity index (χ2v) is 2.84. The van der Waals surface area contributed by atoms with E-state index < -0.39 is 12.1 Å². The molecule has 15 heavy (non-hydrogen) atoms. The summed E-state index contributed by atoms with van der Waals surface area (Å²) in [6.07, 6.45) is -4.18. The van der Waals surface area contributed by atoms with Crippen molar-refractivity contribution in [2.24, 2.45) is 0 Å². The quantitative estimate of drug-likeness (QED) is 0.759. The van der Waals surface area contributed by atoms with E-state index in [0.29, 0.717) is 12.0 Å². The Kier molecular flexibility index (Phi) is 3.20. The Balaban J connectivity index is 3.08. The van der Waals surface area contributed by atoms with Gasteiger partial charge in [0.15, 0.2) is 0 Å². The van der Waals surface area contributed by atoms with Gasteiger partial charge >= 0.3 is 6.36 Å². The lowest BCUT2D eigenvalue weighted by Crippen LogP contribution is -2.18. The minimum absolute atomic E-state index is 0.121. The zero-order valence-electron chi connectivity index (χ0n) is 7.93. The van der Waals surface area contributed by atoms with E-state index in [1.165, 1.54) is 12.1 Å². The standard InChI is InChI=1S/C10H8F3NO/c1-2-7-3-4-8(6-14)9(5-7)15-10(11,12)13/h3-5H,2H2,1H3. The molecule has 0 amide bonds. The lowest BCUT2D eigenvalue weighted by atomic mass is 10.1. The minimum Gasteiger partial charge on any atom is -0.404 e. The number of alkyl halides is 3. The summed E-state index contributed by atoms with van der Waals surface area (Å²) in [6, 6.07) is 5.79. The third-order valence-corrected chi connectivity index (χ3v) is 1.80. The van der Waals surface area contributed by atoms with E-state index in [-0.39, 0.29) is 5.56 Å². The van der Waals surface area contributed by atoms with Crippen LogP contribution in [0, 0.1) is 11.3 Å². The predicted octanol–water partition coefficient (Wildman–Crippen LogP) is 3.02. The maximum atomic E-state index is 12.0. The van der Waals surface area contributed by atoms with Gasteiger partial charge in [0, 0.05) is 0 Å². The number of halogens is 3. The van der Waals surface area contributed by atoms with E-state index in [2.05, 4.69) is 4.74 Å². The summed E-state index contributed by atoms with van der Waals surface area (Å²) < 4.78 is 39.6. The van der Waals surface area contributed by atoms with Crippen molar-refractivity contribution >= 4 is 0 Å². The summed E-state index contributed by atoms with van der Waals surface area (Å²) in [4.78, 5) is 0. The van der Waals surface area contributed by atoms with Crippen LogP contribution in [0.2, 0.25) is 0 Å². The highest BCUT2D eigenvalue weighted by Gasteiger charge is 2.32. The van der Waals surface area contributed by atoms with Crippen molar-refractivity contribution in [1.82, 2.24) is 0 Å². The lowest BCUT2D eigenvalue weighted by molar-refractivity contribution is -0.274. The monoisotopic (exact) mass is 215 g/mol. The molecule has 2 nitrogen and oxygen atoms in total. The molecule has 1 aromatic carbocycles. The first-order valence-electron chi connectivity index (χ1n) is 4.25. The number of nitriles is 1. The minimum atomic E-state index is -4.77. The number of nitrogens with zero attached hydrogens (tertiary/aromatic N) is 1. The SMILES string of the molecule is CCc1ccc(C#N)c(OC(F)(F)F)c1. The maximum Gasteiger partial charge on any atom is 0.573 e. The van der Waals surface area contributed by atoms with E-state index in [4.69, 9.17) is 5.26 Å². The third kappa shape index (κ3) is 3.17. The second-order valence-electron chi connectivity index (χ2n) is 2.84. The molecule has 0 aliphatic carbocycles. The van der Waals surface area contributed by atoms with Crippen LogP contribution in [-0.2, 0) is 6.42 Å². The van der Waals surface area contributed by atoms with Gasteiger partial charge < -0.3 is 4.74 Å². The van der Waals surface area contributed by atoms with Gasteiger partial charge in [-0.2, -0.15) is 5.26 Å². The molecule has 0 saturated heterocycles. The van der Waals surface area contributed by atoms with Crippen molar-refractivity contribution < 1.29 is 17.9 Å². The van der Waals surface area contributed by atoms with Crippen LogP contribution in [0.15, 0.2) is 18.2 Å². The fourth-order valence-electron chi connectivity index (χ4n) is 1.09. The molecule has 5 heteroatoms. The van der Waals surface area contributed by atoms with Crippen LogP contribution < -0.4 is 4.74 Å². The molecule has 0 aliphatic rings. The topological polar surface area (TPSA) is 33.0 Å². The fourth-order valence-corrected chi connectivity index (χ4v) is 1.09. The average molecular weight is 215 g/mol. The summed E-state index contributed by atoms with van der Waals surface area (Å²) in [5.74, 6) is -0.440. The van der Waals surface area contributed by atoms with E-state index in [9.17, 15) is 13.2 Å². The van der Waals surface area contributed by atoms with Gasteiger partial charge in [-0.15, -0.1) is 13.2 Å². The van der Waals surface area contributed by atoms with E-state index in [1.807, 2.05) is 0 Å². The van der Waals surface area contributed by atoms with E-state index in [1.54, 1.807) is 19.1 Å². The molecule has 0 spiro atoms. The Labute approximate surface area is 84.9 Å². The highest BCUT2D eigenvalue weighted by atomic mass is 19.4. The molecular weight excluding hydrogens is 207 g/mol. The van der Waals surface area contributed by atoms with E-state index in [0.717, 1.165) is 0 Å². The molecule has 80 valence electrons. The summed E-state index contributed by atoms with van der Waals surface area (Å²) in [6.45, 7) is 1.80. The van der Waals surface area contributed by atoms with Gasteiger partial charge in [-0.05, 0) is 24.1 Å². The second kappa shape index (κ2) is 4.22. The van der Waals surface area contributed by atoms with Crippen LogP contribution >= 0.6 is 0 Å². The van der Waals surface area contributed by atoms with Crippen molar-refractivity contribution in [2.45, 2.75) is 19.7 Å². The summed E-state index contributed by atoms with van der Waals surface area (Å²) in [5.41, 5.74) is 0.567. The number of hydrogen-bond donors (Lipinski definition) is 0. The van der Waals surface area contributed by atoms with Crippen molar-refractivity contribution in [3.05, 3.63) is 29.3 Å². The van der Waals surface area contributed by atoms with Crippen LogP contribution in [0.3, 0.4) is 0 Å². The number of aryl methyl sites for hydroxylation is 1. The van der Waals surface area contributed by atoms with Crippen molar-refractivity contribution in [3.8, 4) is 11.8 Å². The average Bonchev–Trinajstić information content (AvgIpc) is 2.15. The van der Waals surface area contributed by atoms with Crippen molar-refractivity contribution in [2.75, 3.05) is 0 Å². The van der Waals surface area contributed by atoms with Gasteiger partial charge in [0.1, 0.15) is 11.8 Å². The summed E-state index contributed by atoms with van der Waals surface area (Å²) in [5, 5.41) is 8.58. The van der Waals surface area contributed by atoms with Crippen LogP contribution in [0.25, 0.3) is 0 Å². The first-order chi connectivity index (χ1) is 6.96. The van der Waals surface area contributed by atoms with Crippen LogP contribution in [0.1, 0.15) is 18.1 Å². The Morgan fingerprint density at radius 1 is 1.40 bits per heavy atom. The normalized spacial score (nSPS) is 10.9. The highest BCUT2D eigenvalue weighted by Crippen LogP contribution is 2.27. The molecule has 1 rings (SSSR count). The van der Waals surface area contributed by atoms with Gasteiger partial charge in [0.25, 0.3) is 0 Å². The first kappa shape index (κ1) is 11.4. The molecule has 0 aliphatic heterocycles. The Hall–Kier alpha value is -1.70. The molecule has 0 unspecified atom stereocenters.